The maximum Gasteiger partial charge on any atom is 0.125 e. The number of anilines is 1. The van der Waals surface area contributed by atoms with Crippen LogP contribution in [0, 0.1) is 6.92 Å². The molecule has 0 bridgehead atoms. The van der Waals surface area contributed by atoms with Gasteiger partial charge in [0.25, 0.3) is 0 Å². The second-order valence-electron chi connectivity index (χ2n) is 4.46. The van der Waals surface area contributed by atoms with Gasteiger partial charge in [0.15, 0.2) is 0 Å². The van der Waals surface area contributed by atoms with E-state index < -0.39 is 0 Å². The molecule has 3 nitrogen and oxygen atoms in total. The van der Waals surface area contributed by atoms with E-state index in [1.807, 2.05) is 43.3 Å². The van der Waals surface area contributed by atoms with Crippen LogP contribution in [-0.4, -0.2) is 14.2 Å². The van der Waals surface area contributed by atoms with Gasteiger partial charge in [-0.05, 0) is 42.8 Å². The zero-order valence-electron chi connectivity index (χ0n) is 11.9. The van der Waals surface area contributed by atoms with Gasteiger partial charge in [0.2, 0.25) is 0 Å². The zero-order valence-corrected chi connectivity index (χ0v) is 12.6. The number of ether oxygens (including phenoxy) is 2. The van der Waals surface area contributed by atoms with Crippen molar-refractivity contribution in [2.45, 2.75) is 13.5 Å². The van der Waals surface area contributed by atoms with Crippen LogP contribution < -0.4 is 14.8 Å². The lowest BCUT2D eigenvalue weighted by Gasteiger charge is -2.13. The Kier molecular flexibility index (Phi) is 4.74. The molecule has 0 amide bonds. The number of nitrogens with one attached hydrogen (secondary N) is 1. The summed E-state index contributed by atoms with van der Waals surface area (Å²) in [5.41, 5.74) is 3.05. The minimum absolute atomic E-state index is 0.606. The maximum absolute atomic E-state index is 6.21. The van der Waals surface area contributed by atoms with Crippen LogP contribution in [0.25, 0.3) is 0 Å². The molecular weight excluding hydrogens is 274 g/mol. The quantitative estimate of drug-likeness (QED) is 0.892. The summed E-state index contributed by atoms with van der Waals surface area (Å²) >= 11 is 6.21. The van der Waals surface area contributed by atoms with Gasteiger partial charge in [-0.2, -0.15) is 0 Å². The molecule has 0 aliphatic rings. The molecule has 0 aliphatic carbocycles. The van der Waals surface area contributed by atoms with Crippen molar-refractivity contribution in [1.82, 2.24) is 0 Å². The first-order valence-electron chi connectivity index (χ1n) is 6.35. The summed E-state index contributed by atoms with van der Waals surface area (Å²) in [7, 11) is 3.32. The molecule has 106 valence electrons. The molecule has 4 heteroatoms. The monoisotopic (exact) mass is 291 g/mol. The van der Waals surface area contributed by atoms with Crippen molar-refractivity contribution >= 4 is 17.3 Å². The highest BCUT2D eigenvalue weighted by atomic mass is 35.5. The summed E-state index contributed by atoms with van der Waals surface area (Å²) in [6.07, 6.45) is 0. The highest BCUT2D eigenvalue weighted by Gasteiger charge is 2.07. The van der Waals surface area contributed by atoms with Crippen LogP contribution in [0.4, 0.5) is 5.69 Å². The second kappa shape index (κ2) is 6.53. The predicted octanol–water partition coefficient (Wildman–Crippen LogP) is 4.28. The average molecular weight is 292 g/mol. The summed E-state index contributed by atoms with van der Waals surface area (Å²) in [4.78, 5) is 0. The Morgan fingerprint density at radius 2 is 1.80 bits per heavy atom. The first kappa shape index (κ1) is 14.5. The molecule has 2 rings (SSSR count). The highest BCUT2D eigenvalue weighted by Crippen LogP contribution is 2.28. The van der Waals surface area contributed by atoms with E-state index in [2.05, 4.69) is 5.32 Å². The van der Waals surface area contributed by atoms with Crippen molar-refractivity contribution in [1.29, 1.82) is 0 Å². The standard InChI is InChI=1S/C16H18ClNO2/c1-11-9-12(7-8-15(11)19-2)18-10-13-14(17)5-4-6-16(13)20-3/h4-9,18H,10H2,1-3H3. The zero-order chi connectivity index (χ0) is 14.5. The molecular formula is C16H18ClNO2. The van der Waals surface area contributed by atoms with Crippen LogP contribution in [0.1, 0.15) is 11.1 Å². The fraction of sp³-hybridized carbons (Fsp3) is 0.250. The molecule has 2 aromatic carbocycles. The van der Waals surface area contributed by atoms with Gasteiger partial charge < -0.3 is 14.8 Å². The molecule has 0 fully saturated rings. The Balaban J connectivity index is 2.15. The number of benzene rings is 2. The van der Waals surface area contributed by atoms with Gasteiger partial charge in [-0.3, -0.25) is 0 Å². The van der Waals surface area contributed by atoms with Crippen molar-refractivity contribution in [3.05, 3.63) is 52.5 Å². The van der Waals surface area contributed by atoms with Crippen LogP contribution in [0.5, 0.6) is 11.5 Å². The van der Waals surface area contributed by atoms with Crippen molar-refractivity contribution in [3.63, 3.8) is 0 Å². The lowest BCUT2D eigenvalue weighted by Crippen LogP contribution is -2.03. The predicted molar refractivity (Wildman–Crippen MR) is 83.1 cm³/mol. The van der Waals surface area contributed by atoms with Crippen LogP contribution in [0.3, 0.4) is 0 Å². The van der Waals surface area contributed by atoms with Crippen molar-refractivity contribution in [2.24, 2.45) is 0 Å². The number of aryl methyl sites for hydroxylation is 1. The van der Waals surface area contributed by atoms with Gasteiger partial charge in [-0.15, -0.1) is 0 Å². The molecule has 0 saturated carbocycles. The van der Waals surface area contributed by atoms with Gasteiger partial charge in [0.1, 0.15) is 11.5 Å². The Bertz CT molecular complexity index is 599. The molecule has 0 radical (unpaired) electrons. The topological polar surface area (TPSA) is 30.5 Å². The molecule has 0 aliphatic heterocycles. The highest BCUT2D eigenvalue weighted by molar-refractivity contribution is 6.31. The smallest absolute Gasteiger partial charge is 0.125 e. The maximum atomic E-state index is 6.21. The summed E-state index contributed by atoms with van der Waals surface area (Å²) in [6, 6.07) is 11.6. The van der Waals surface area contributed by atoms with Crippen molar-refractivity contribution in [2.75, 3.05) is 19.5 Å². The molecule has 1 N–H and O–H groups in total. The third-order valence-corrected chi connectivity index (χ3v) is 3.51. The van der Waals surface area contributed by atoms with Gasteiger partial charge in [0, 0.05) is 22.8 Å². The SMILES string of the molecule is COc1ccc(NCc2c(Cl)cccc2OC)cc1C. The molecule has 0 spiro atoms. The third kappa shape index (κ3) is 3.17. The normalized spacial score (nSPS) is 10.2. The van der Waals surface area contributed by atoms with Crippen molar-refractivity contribution < 1.29 is 9.47 Å². The fourth-order valence-electron chi connectivity index (χ4n) is 2.08. The van der Waals surface area contributed by atoms with E-state index in [-0.39, 0.29) is 0 Å². The molecule has 0 atom stereocenters. The lowest BCUT2D eigenvalue weighted by atomic mass is 10.1. The summed E-state index contributed by atoms with van der Waals surface area (Å²) in [5.74, 6) is 1.67. The molecule has 0 heterocycles. The van der Waals surface area contributed by atoms with E-state index in [0.29, 0.717) is 11.6 Å². The number of hydrogen-bond donors (Lipinski definition) is 1. The Hall–Kier alpha value is -1.87. The van der Waals surface area contributed by atoms with Gasteiger partial charge in [-0.1, -0.05) is 17.7 Å². The van der Waals surface area contributed by atoms with E-state index in [9.17, 15) is 0 Å². The number of hydrogen-bond acceptors (Lipinski definition) is 3. The van der Waals surface area contributed by atoms with E-state index in [1.165, 1.54) is 0 Å². The molecule has 0 unspecified atom stereocenters. The second-order valence-corrected chi connectivity index (χ2v) is 4.87. The van der Waals surface area contributed by atoms with Crippen LogP contribution in [-0.2, 0) is 6.54 Å². The van der Waals surface area contributed by atoms with E-state index in [4.69, 9.17) is 21.1 Å². The number of rotatable bonds is 5. The van der Waals surface area contributed by atoms with E-state index in [0.717, 1.165) is 28.3 Å². The Labute approximate surface area is 124 Å². The molecule has 0 saturated heterocycles. The fourth-order valence-corrected chi connectivity index (χ4v) is 2.31. The largest absolute Gasteiger partial charge is 0.496 e. The molecule has 0 aromatic heterocycles. The Morgan fingerprint density at radius 1 is 1.05 bits per heavy atom. The first-order valence-corrected chi connectivity index (χ1v) is 6.73. The minimum Gasteiger partial charge on any atom is -0.496 e. The number of halogens is 1. The van der Waals surface area contributed by atoms with Crippen molar-refractivity contribution in [3.8, 4) is 11.5 Å². The summed E-state index contributed by atoms with van der Waals surface area (Å²) in [6.45, 7) is 2.62. The summed E-state index contributed by atoms with van der Waals surface area (Å²) < 4.78 is 10.6. The third-order valence-electron chi connectivity index (χ3n) is 3.16. The molecule has 2 aromatic rings. The van der Waals surface area contributed by atoms with Gasteiger partial charge >= 0.3 is 0 Å². The summed E-state index contributed by atoms with van der Waals surface area (Å²) in [5, 5.41) is 4.05. The van der Waals surface area contributed by atoms with Crippen LogP contribution in [0.15, 0.2) is 36.4 Å². The van der Waals surface area contributed by atoms with E-state index >= 15 is 0 Å². The van der Waals surface area contributed by atoms with Crippen LogP contribution >= 0.6 is 11.6 Å². The molecule has 20 heavy (non-hydrogen) atoms. The van der Waals surface area contributed by atoms with Crippen LogP contribution in [0.2, 0.25) is 5.02 Å². The number of methoxy groups -OCH3 is 2. The minimum atomic E-state index is 0.606. The average Bonchev–Trinajstić information content (AvgIpc) is 2.46. The lowest BCUT2D eigenvalue weighted by molar-refractivity contribution is 0.410. The van der Waals surface area contributed by atoms with Gasteiger partial charge in [-0.25, -0.2) is 0 Å². The Morgan fingerprint density at radius 3 is 2.45 bits per heavy atom. The van der Waals surface area contributed by atoms with E-state index in [1.54, 1.807) is 14.2 Å². The first-order chi connectivity index (χ1) is 9.65. The van der Waals surface area contributed by atoms with Gasteiger partial charge in [0.05, 0.1) is 14.2 Å².